The lowest BCUT2D eigenvalue weighted by molar-refractivity contribution is -2.00. The molecule has 1 heterocycles. The normalized spacial score (nSPS) is 12.1. The zero-order valence-electron chi connectivity index (χ0n) is 9.80. The van der Waals surface area contributed by atoms with Crippen molar-refractivity contribution < 1.29 is 33.6 Å². The summed E-state index contributed by atoms with van der Waals surface area (Å²) < 4.78 is 35.7. The Balaban J connectivity index is 0.000000385. The largest absolute Gasteiger partial charge is 0.295 e. The molecular weight excluding hydrogens is 240 g/mol. The number of halogens is 1. The van der Waals surface area contributed by atoms with Gasteiger partial charge in [-0.25, -0.2) is 18.6 Å². The van der Waals surface area contributed by atoms with Gasteiger partial charge in [-0.3, -0.25) is 0 Å². The van der Waals surface area contributed by atoms with E-state index in [1.807, 2.05) is 14.0 Å². The molecule has 0 saturated heterocycles. The zero-order valence-corrected chi connectivity index (χ0v) is 10.6. The van der Waals surface area contributed by atoms with E-state index in [1.165, 1.54) is 0 Å². The summed E-state index contributed by atoms with van der Waals surface area (Å²) in [5, 5.41) is 8.45. The fourth-order valence-corrected chi connectivity index (χ4v) is 0.698. The maximum absolute atomic E-state index is 8.49. The van der Waals surface area contributed by atoms with Gasteiger partial charge in [0.25, 0.3) is 5.82 Å². The van der Waals surface area contributed by atoms with Gasteiger partial charge in [0.05, 0.1) is 17.4 Å². The molecule has 8 nitrogen and oxygen atoms in total. The lowest BCUT2D eigenvalue weighted by Gasteiger charge is -2.17. The van der Waals surface area contributed by atoms with Crippen LogP contribution in [0.2, 0.25) is 0 Å². The monoisotopic (exact) mass is 254 g/mol. The molecule has 0 aromatic carbocycles. The molecule has 0 fully saturated rings. The van der Waals surface area contributed by atoms with Crippen LogP contribution in [0.15, 0.2) is 0 Å². The number of aryl methyl sites for hydroxylation is 2. The molecule has 1 aromatic rings. The molecule has 1 rings (SSSR count). The number of tetrazole rings is 1. The average Bonchev–Trinajstić information content (AvgIpc) is 2.27. The molecule has 0 N–H and O–H groups in total. The van der Waals surface area contributed by atoms with Gasteiger partial charge in [-0.2, -0.15) is 0 Å². The summed E-state index contributed by atoms with van der Waals surface area (Å²) in [7, 11) is -3.05. The van der Waals surface area contributed by atoms with Crippen LogP contribution in [-0.4, -0.2) is 15.1 Å². The number of rotatable bonds is 0. The van der Waals surface area contributed by atoms with Crippen LogP contribution in [0.4, 0.5) is 0 Å². The summed E-state index contributed by atoms with van der Waals surface area (Å²) in [5.41, 5.74) is -0.0218. The fraction of sp³-hybridized carbons (Fsp3) is 0.857. The quantitative estimate of drug-likeness (QED) is 0.429. The SMILES string of the molecule is Cc1nn(C(C)(C)C)n[n+]1C.[O-][Cl+3]([O-])([O-])[O-]. The number of nitrogens with zero attached hydrogens (tertiary/aromatic N) is 4. The van der Waals surface area contributed by atoms with Crippen LogP contribution in [0.25, 0.3) is 0 Å². The van der Waals surface area contributed by atoms with E-state index >= 15 is 0 Å². The van der Waals surface area contributed by atoms with Crippen LogP contribution in [-0.2, 0) is 12.6 Å². The molecule has 16 heavy (non-hydrogen) atoms. The van der Waals surface area contributed by atoms with Crippen LogP contribution >= 0.6 is 0 Å². The van der Waals surface area contributed by atoms with E-state index in [4.69, 9.17) is 18.6 Å². The first-order chi connectivity index (χ1) is 6.91. The molecule has 94 valence electrons. The Morgan fingerprint density at radius 1 is 1.19 bits per heavy atom. The highest BCUT2D eigenvalue weighted by Crippen LogP contribution is 2.07. The van der Waals surface area contributed by atoms with Gasteiger partial charge in [-0.15, -0.1) is 14.9 Å². The Morgan fingerprint density at radius 3 is 1.69 bits per heavy atom. The Bertz CT molecular complexity index is 316. The summed E-state index contributed by atoms with van der Waals surface area (Å²) in [6, 6.07) is 0. The van der Waals surface area contributed by atoms with Crippen LogP contribution in [0.5, 0.6) is 0 Å². The maximum Gasteiger partial charge on any atom is 0.295 e. The first kappa shape index (κ1) is 15.2. The predicted molar refractivity (Wildman–Crippen MR) is 40.9 cm³/mol. The van der Waals surface area contributed by atoms with Crippen molar-refractivity contribution in [2.24, 2.45) is 7.05 Å². The highest BCUT2D eigenvalue weighted by Gasteiger charge is 2.24. The second-order valence-corrected chi connectivity index (χ2v) is 4.85. The standard InChI is InChI=1S/C7H15N4.ClHO4/c1-6-8-11(7(2,3)4)9-10(6)5;2-1(3,4)5/h1-5H3;(H,2,3,4,5)/q+1;/p-1. The van der Waals surface area contributed by atoms with Crippen molar-refractivity contribution in [2.45, 2.75) is 33.2 Å². The minimum Gasteiger partial charge on any atom is -0.222 e. The van der Waals surface area contributed by atoms with E-state index in [9.17, 15) is 0 Å². The molecular formula is C7H15ClN4O4. The third kappa shape index (κ3) is 6.64. The molecule has 0 amide bonds. The van der Waals surface area contributed by atoms with Gasteiger partial charge in [0.15, 0.2) is 0 Å². The van der Waals surface area contributed by atoms with Gasteiger partial charge >= 0.3 is 0 Å². The molecule has 0 aliphatic rings. The summed E-state index contributed by atoms with van der Waals surface area (Å²) in [6.07, 6.45) is 0. The first-order valence-corrected chi connectivity index (χ1v) is 5.57. The molecule has 0 aliphatic carbocycles. The molecule has 0 aliphatic heterocycles. The topological polar surface area (TPSA) is 127 Å². The summed E-state index contributed by atoms with van der Waals surface area (Å²) in [6.45, 7) is 8.17. The van der Waals surface area contributed by atoms with Crippen molar-refractivity contribution in [3.05, 3.63) is 5.82 Å². The summed E-state index contributed by atoms with van der Waals surface area (Å²) in [4.78, 5) is 1.72. The Labute approximate surface area is 95.5 Å². The third-order valence-electron chi connectivity index (χ3n) is 1.53. The molecule has 0 spiro atoms. The molecule has 0 saturated carbocycles. The Hall–Kier alpha value is -0.800. The summed E-state index contributed by atoms with van der Waals surface area (Å²) in [5.74, 6) is 0.930. The van der Waals surface area contributed by atoms with E-state index in [1.54, 1.807) is 9.48 Å². The second kappa shape index (κ2) is 5.02. The van der Waals surface area contributed by atoms with Crippen LogP contribution < -0.4 is 23.3 Å². The maximum atomic E-state index is 8.49. The zero-order chi connectivity index (χ0) is 13.1. The van der Waals surface area contributed by atoms with Gasteiger partial charge in [0.2, 0.25) is 0 Å². The lowest BCUT2D eigenvalue weighted by Crippen LogP contribution is -2.68. The number of hydrogen-bond donors (Lipinski definition) is 0. The lowest BCUT2D eigenvalue weighted by atomic mass is 10.1. The minimum atomic E-state index is -4.94. The van der Waals surface area contributed by atoms with Crippen molar-refractivity contribution in [1.29, 1.82) is 0 Å². The average molecular weight is 255 g/mol. The van der Waals surface area contributed by atoms with Crippen LogP contribution in [0.3, 0.4) is 0 Å². The molecule has 0 radical (unpaired) electrons. The van der Waals surface area contributed by atoms with E-state index in [2.05, 4.69) is 31.1 Å². The third-order valence-corrected chi connectivity index (χ3v) is 1.53. The van der Waals surface area contributed by atoms with E-state index in [0.29, 0.717) is 0 Å². The van der Waals surface area contributed by atoms with E-state index < -0.39 is 10.2 Å². The number of hydrogen-bond acceptors (Lipinski definition) is 6. The van der Waals surface area contributed by atoms with Gasteiger partial charge in [0, 0.05) is 6.92 Å². The van der Waals surface area contributed by atoms with Crippen molar-refractivity contribution in [2.75, 3.05) is 0 Å². The Morgan fingerprint density at radius 2 is 1.56 bits per heavy atom. The van der Waals surface area contributed by atoms with Crippen molar-refractivity contribution in [3.63, 3.8) is 0 Å². The van der Waals surface area contributed by atoms with Crippen LogP contribution in [0, 0.1) is 17.2 Å². The van der Waals surface area contributed by atoms with Gasteiger partial charge in [-0.05, 0) is 25.6 Å². The molecule has 0 unspecified atom stereocenters. The van der Waals surface area contributed by atoms with Gasteiger partial charge in [-0.1, -0.05) is 0 Å². The van der Waals surface area contributed by atoms with Crippen molar-refractivity contribution in [1.82, 2.24) is 15.1 Å². The van der Waals surface area contributed by atoms with Crippen molar-refractivity contribution >= 4 is 0 Å². The molecule has 9 heteroatoms. The molecule has 0 bridgehead atoms. The molecule has 0 atom stereocenters. The summed E-state index contributed by atoms with van der Waals surface area (Å²) >= 11 is 0. The van der Waals surface area contributed by atoms with Crippen LogP contribution in [0.1, 0.15) is 26.6 Å². The Kier molecular flexibility index (Phi) is 4.77. The predicted octanol–water partition coefficient (Wildman–Crippen LogP) is -4.59. The minimum absolute atomic E-state index is 0.0218. The van der Waals surface area contributed by atoms with E-state index in [-0.39, 0.29) is 5.54 Å². The van der Waals surface area contributed by atoms with Crippen molar-refractivity contribution in [3.8, 4) is 0 Å². The highest BCUT2D eigenvalue weighted by molar-refractivity contribution is 4.66. The first-order valence-electron chi connectivity index (χ1n) is 4.34. The molecule has 1 aromatic heterocycles. The second-order valence-electron chi connectivity index (χ2n) is 4.10. The smallest absolute Gasteiger partial charge is 0.222 e. The highest BCUT2D eigenvalue weighted by atomic mass is 35.7. The van der Waals surface area contributed by atoms with E-state index in [0.717, 1.165) is 5.82 Å². The van der Waals surface area contributed by atoms with Gasteiger partial charge in [0.1, 0.15) is 5.54 Å². The van der Waals surface area contributed by atoms with Gasteiger partial charge < -0.3 is 0 Å². The number of aromatic nitrogens is 4. The fourth-order valence-electron chi connectivity index (χ4n) is 0.698.